The highest BCUT2D eigenvalue weighted by Crippen LogP contribution is 2.28. The molecule has 0 aromatic carbocycles. The van der Waals surface area contributed by atoms with Gasteiger partial charge in [-0.2, -0.15) is 5.26 Å². The first-order valence-corrected chi connectivity index (χ1v) is 7.80. The van der Waals surface area contributed by atoms with Crippen LogP contribution in [0.4, 0.5) is 0 Å². The minimum absolute atomic E-state index is 0.291. The molecule has 2 fully saturated rings. The molecule has 3 rings (SSSR count). The van der Waals surface area contributed by atoms with Gasteiger partial charge in [0.1, 0.15) is 11.8 Å². The number of aromatic nitrogens is 1. The van der Waals surface area contributed by atoms with Crippen molar-refractivity contribution in [1.29, 1.82) is 5.26 Å². The average molecular weight is 288 g/mol. The van der Waals surface area contributed by atoms with Crippen LogP contribution in [-0.2, 0) is 18.3 Å². The zero-order chi connectivity index (χ0) is 14.8. The lowest BCUT2D eigenvalue weighted by Crippen LogP contribution is -2.47. The molecule has 1 aliphatic carbocycles. The Morgan fingerprint density at radius 3 is 2.95 bits per heavy atom. The van der Waals surface area contributed by atoms with Crippen molar-refractivity contribution in [2.75, 3.05) is 26.2 Å². The van der Waals surface area contributed by atoms with Gasteiger partial charge >= 0.3 is 0 Å². The Bertz CT molecular complexity index is 541. The first-order chi connectivity index (χ1) is 10.2. The van der Waals surface area contributed by atoms with Crippen molar-refractivity contribution in [3.8, 4) is 6.07 Å². The predicted octanol–water partition coefficient (Wildman–Crippen LogP) is 1.16. The maximum Gasteiger partial charge on any atom is 0.120 e. The van der Waals surface area contributed by atoms with Crippen molar-refractivity contribution in [3.05, 3.63) is 23.0 Å². The number of morpholine rings is 1. The second-order valence-electron chi connectivity index (χ2n) is 6.16. The molecule has 0 spiro atoms. The third kappa shape index (κ3) is 3.29. The van der Waals surface area contributed by atoms with E-state index in [1.165, 1.54) is 18.4 Å². The summed E-state index contributed by atoms with van der Waals surface area (Å²) in [5.41, 5.74) is 3.07. The van der Waals surface area contributed by atoms with Gasteiger partial charge in [0.2, 0.25) is 0 Å². The van der Waals surface area contributed by atoms with Gasteiger partial charge in [-0.25, -0.2) is 0 Å². The van der Waals surface area contributed by atoms with E-state index in [4.69, 9.17) is 10.00 Å². The highest BCUT2D eigenvalue weighted by Gasteiger charge is 2.32. The van der Waals surface area contributed by atoms with E-state index < -0.39 is 0 Å². The molecule has 1 atom stereocenters. The Morgan fingerprint density at radius 1 is 1.48 bits per heavy atom. The number of nitrogens with one attached hydrogen (secondary N) is 1. The van der Waals surface area contributed by atoms with Gasteiger partial charge in [-0.3, -0.25) is 4.90 Å². The summed E-state index contributed by atoms with van der Waals surface area (Å²) in [5, 5.41) is 12.5. The minimum Gasteiger partial charge on any atom is -0.374 e. The van der Waals surface area contributed by atoms with E-state index in [2.05, 4.69) is 23.2 Å². The van der Waals surface area contributed by atoms with E-state index in [1.807, 2.05) is 17.7 Å². The number of rotatable bonds is 5. The van der Waals surface area contributed by atoms with Crippen LogP contribution in [0, 0.1) is 18.3 Å². The molecule has 114 valence electrons. The van der Waals surface area contributed by atoms with Crippen LogP contribution in [0.1, 0.15) is 29.8 Å². The number of ether oxygens (including phenoxy) is 1. The fraction of sp³-hybridized carbons (Fsp3) is 0.688. The highest BCUT2D eigenvalue weighted by molar-refractivity contribution is 5.34. The summed E-state index contributed by atoms with van der Waals surface area (Å²) in [6, 6.07) is 5.02. The van der Waals surface area contributed by atoms with Crippen LogP contribution in [-0.4, -0.2) is 47.9 Å². The summed E-state index contributed by atoms with van der Waals surface area (Å²) in [6.45, 7) is 6.72. The first-order valence-electron chi connectivity index (χ1n) is 7.80. The van der Waals surface area contributed by atoms with Crippen molar-refractivity contribution >= 4 is 0 Å². The van der Waals surface area contributed by atoms with E-state index in [0.29, 0.717) is 6.10 Å². The molecule has 2 heterocycles. The van der Waals surface area contributed by atoms with Gasteiger partial charge in [-0.15, -0.1) is 0 Å². The zero-order valence-corrected chi connectivity index (χ0v) is 12.9. The summed E-state index contributed by atoms with van der Waals surface area (Å²) in [6.07, 6.45) is 3.01. The van der Waals surface area contributed by atoms with Crippen LogP contribution in [0.3, 0.4) is 0 Å². The topological polar surface area (TPSA) is 53.2 Å². The summed E-state index contributed by atoms with van der Waals surface area (Å²) in [7, 11) is 1.94. The van der Waals surface area contributed by atoms with E-state index in [-0.39, 0.29) is 0 Å². The van der Waals surface area contributed by atoms with Gasteiger partial charge in [-0.05, 0) is 31.4 Å². The third-order valence-electron chi connectivity index (χ3n) is 4.68. The molecular formula is C16H24N4O. The number of nitriles is 1. The SMILES string of the molecule is Cc1c(CNC[C@H]2CN(C3CC3)CCO2)cc(C#N)n1C. The second-order valence-corrected chi connectivity index (χ2v) is 6.16. The van der Waals surface area contributed by atoms with E-state index >= 15 is 0 Å². The summed E-state index contributed by atoms with van der Waals surface area (Å²) >= 11 is 0. The lowest BCUT2D eigenvalue weighted by Gasteiger charge is -2.33. The molecule has 2 aliphatic rings. The predicted molar refractivity (Wildman–Crippen MR) is 80.9 cm³/mol. The Hall–Kier alpha value is -1.35. The molecule has 21 heavy (non-hydrogen) atoms. The molecule has 1 N–H and O–H groups in total. The Labute approximate surface area is 126 Å². The van der Waals surface area contributed by atoms with Gasteiger partial charge in [-0.1, -0.05) is 0 Å². The Kier molecular flexibility index (Phi) is 4.29. The number of hydrogen-bond acceptors (Lipinski definition) is 4. The quantitative estimate of drug-likeness (QED) is 0.883. The van der Waals surface area contributed by atoms with E-state index in [9.17, 15) is 0 Å². The first kappa shape index (κ1) is 14.6. The highest BCUT2D eigenvalue weighted by atomic mass is 16.5. The third-order valence-corrected chi connectivity index (χ3v) is 4.68. The molecular weight excluding hydrogens is 264 g/mol. The van der Waals surface area contributed by atoms with Crippen molar-refractivity contribution in [1.82, 2.24) is 14.8 Å². The van der Waals surface area contributed by atoms with Gasteiger partial charge < -0.3 is 14.6 Å². The molecule has 1 saturated heterocycles. The van der Waals surface area contributed by atoms with Crippen molar-refractivity contribution in [2.24, 2.45) is 7.05 Å². The molecule has 0 amide bonds. The number of hydrogen-bond donors (Lipinski definition) is 1. The summed E-state index contributed by atoms with van der Waals surface area (Å²) < 4.78 is 7.79. The molecule has 1 aromatic heterocycles. The van der Waals surface area contributed by atoms with E-state index in [0.717, 1.165) is 50.2 Å². The Balaban J connectivity index is 1.48. The number of nitrogens with zero attached hydrogens (tertiary/aromatic N) is 3. The van der Waals surface area contributed by atoms with Gasteiger partial charge in [0.15, 0.2) is 0 Å². The summed E-state index contributed by atoms with van der Waals surface area (Å²) in [5.74, 6) is 0. The van der Waals surface area contributed by atoms with Crippen LogP contribution in [0.2, 0.25) is 0 Å². The maximum atomic E-state index is 9.06. The second kappa shape index (κ2) is 6.18. The fourth-order valence-corrected chi connectivity index (χ4v) is 3.05. The molecule has 5 nitrogen and oxygen atoms in total. The van der Waals surface area contributed by atoms with Gasteiger partial charge in [0, 0.05) is 45.0 Å². The lowest BCUT2D eigenvalue weighted by molar-refractivity contribution is -0.0301. The van der Waals surface area contributed by atoms with Crippen LogP contribution in [0.5, 0.6) is 0 Å². The molecule has 0 bridgehead atoms. The molecule has 0 radical (unpaired) electrons. The van der Waals surface area contributed by atoms with Gasteiger partial charge in [0.25, 0.3) is 0 Å². The van der Waals surface area contributed by atoms with Crippen molar-refractivity contribution in [2.45, 2.75) is 38.5 Å². The largest absolute Gasteiger partial charge is 0.374 e. The molecule has 0 unspecified atom stereocenters. The zero-order valence-electron chi connectivity index (χ0n) is 12.9. The maximum absolute atomic E-state index is 9.06. The average Bonchev–Trinajstić information content (AvgIpc) is 3.31. The Morgan fingerprint density at radius 2 is 2.29 bits per heavy atom. The van der Waals surface area contributed by atoms with Crippen LogP contribution in [0.15, 0.2) is 6.07 Å². The van der Waals surface area contributed by atoms with Crippen LogP contribution >= 0.6 is 0 Å². The van der Waals surface area contributed by atoms with Crippen molar-refractivity contribution in [3.63, 3.8) is 0 Å². The van der Waals surface area contributed by atoms with Crippen LogP contribution < -0.4 is 5.32 Å². The molecule has 1 saturated carbocycles. The molecule has 5 heteroatoms. The van der Waals surface area contributed by atoms with Gasteiger partial charge in [0.05, 0.1) is 12.7 Å². The minimum atomic E-state index is 0.291. The molecule has 1 aromatic rings. The normalized spacial score (nSPS) is 23.2. The lowest BCUT2D eigenvalue weighted by atomic mass is 10.2. The van der Waals surface area contributed by atoms with Crippen LogP contribution in [0.25, 0.3) is 0 Å². The van der Waals surface area contributed by atoms with Crippen molar-refractivity contribution < 1.29 is 4.74 Å². The summed E-state index contributed by atoms with van der Waals surface area (Å²) in [4.78, 5) is 2.57. The molecule has 1 aliphatic heterocycles. The fourth-order valence-electron chi connectivity index (χ4n) is 3.05. The monoisotopic (exact) mass is 288 g/mol. The smallest absolute Gasteiger partial charge is 0.120 e. The van der Waals surface area contributed by atoms with E-state index in [1.54, 1.807) is 0 Å². The standard InChI is InChI=1S/C16H24N4O/c1-12-13(7-15(8-17)19(12)2)9-18-10-16-11-20(5-6-21-16)14-3-4-14/h7,14,16,18H,3-6,9-11H2,1-2H3/t16-/m0/s1.